The molecule has 0 atom stereocenters. The number of pyridine rings is 4. The van der Waals surface area contributed by atoms with Gasteiger partial charge in [-0.15, -0.1) is 0 Å². The summed E-state index contributed by atoms with van der Waals surface area (Å²) < 4.78 is 29.0. The van der Waals surface area contributed by atoms with Crippen LogP contribution in [0.25, 0.3) is 87.2 Å². The lowest BCUT2D eigenvalue weighted by Gasteiger charge is -2.28. The van der Waals surface area contributed by atoms with Gasteiger partial charge >= 0.3 is 0 Å². The first-order valence-corrected chi connectivity index (χ1v) is 33.1. The summed E-state index contributed by atoms with van der Waals surface area (Å²) in [6, 6.07) is 53.4. The predicted molar refractivity (Wildman–Crippen MR) is 398 cm³/mol. The van der Waals surface area contributed by atoms with E-state index in [9.17, 15) is 4.39 Å². The summed E-state index contributed by atoms with van der Waals surface area (Å²) in [5.41, 5.74) is 15.5. The number of hydrogen-bond acceptors (Lipinski definition) is 15. The van der Waals surface area contributed by atoms with Crippen molar-refractivity contribution in [2.24, 2.45) is 0 Å². The number of para-hydroxylation sites is 2. The molecule has 2 aliphatic rings. The van der Waals surface area contributed by atoms with Crippen LogP contribution in [0.5, 0.6) is 0 Å². The summed E-state index contributed by atoms with van der Waals surface area (Å²) in [6.45, 7) is 26.7. The number of furan rings is 1. The summed E-state index contributed by atoms with van der Waals surface area (Å²) in [6.07, 6.45) is 11.7. The molecule has 19 heteroatoms. The van der Waals surface area contributed by atoms with Crippen LogP contribution in [0.3, 0.4) is 0 Å². The molecule has 0 amide bonds. The second kappa shape index (κ2) is 33.0. The first-order chi connectivity index (χ1) is 48.1. The van der Waals surface area contributed by atoms with Crippen molar-refractivity contribution in [3.63, 3.8) is 0 Å². The van der Waals surface area contributed by atoms with Crippen molar-refractivity contribution in [2.75, 3.05) is 62.4 Å². The lowest BCUT2D eigenvalue weighted by atomic mass is 10.1. The largest absolute Gasteiger partial charge is 0.461 e. The van der Waals surface area contributed by atoms with Crippen LogP contribution in [0, 0.1) is 75.1 Å². The number of morpholine rings is 2. The van der Waals surface area contributed by atoms with Crippen molar-refractivity contribution in [2.45, 2.75) is 69.2 Å². The Balaban J connectivity index is 0.000000115. The van der Waals surface area contributed by atoms with Crippen LogP contribution in [0.1, 0.15) is 56.9 Å². The number of ether oxygens (including phenoxy) is 2. The van der Waals surface area contributed by atoms with Crippen LogP contribution in [0.4, 0.5) is 16.2 Å². The highest BCUT2D eigenvalue weighted by Crippen LogP contribution is 2.26. The molecule has 0 unspecified atom stereocenters. The maximum absolute atomic E-state index is 12.9. The molecule has 5 aromatic carbocycles. The standard InChI is InChI=1S/C14H16N2O.C13H15N3O.C10H9N.C9H10N2.C9H8N2.C9H9NO.C9H9N.C7H6FN3/c1-11-13-5-3-2-4-12(13)10-14(15-11)16-6-8-17-9-7-16;1-10-11-4-2-3-5-12(11)15-13(14-10)16-6-8-17-9-7-16;1-8-10-5-3-2-4-9(10)6-7-11-8;1-6-5-8-7(2)10-4-3-9(8)11-6;1-7-8-4-2-3-5-9(8)11-6-10-7;1-6-5-8-7(2)10-4-3-9(8)11-6;1-7-3-2-4-9-8(7)5-6-10-9;1-4-6-5(8)2-9-7(6)11-3-10-4/h2-5,10H,6-9H2,1H3;2-5H,6-9H2,1H3;2-7H,1H3;3-5,11H,1-2H3;2-6H,1H3;3-5H,1-2H3;2-6,10H,1H3;2-3H,1H3,(H,9,10,11). The van der Waals surface area contributed by atoms with Gasteiger partial charge in [0, 0.05) is 140 Å². The maximum atomic E-state index is 12.9. The first kappa shape index (κ1) is 69.0. The number of aromatic nitrogens is 13. The zero-order valence-corrected chi connectivity index (χ0v) is 57.7. The number of H-pyrrole nitrogens is 3. The lowest BCUT2D eigenvalue weighted by molar-refractivity contribution is 0.122. The van der Waals surface area contributed by atoms with Crippen LogP contribution in [-0.2, 0) is 9.47 Å². The van der Waals surface area contributed by atoms with E-state index in [1.54, 1.807) is 19.4 Å². The number of hydrogen-bond donors (Lipinski definition) is 3. The van der Waals surface area contributed by atoms with Gasteiger partial charge in [0.2, 0.25) is 5.95 Å². The van der Waals surface area contributed by atoms with Crippen molar-refractivity contribution in [1.82, 2.24) is 64.8 Å². The fraction of sp³-hybridized carbons (Fsp3) is 0.225. The highest BCUT2D eigenvalue weighted by atomic mass is 19.1. The molecule has 2 saturated heterocycles. The third-order valence-corrected chi connectivity index (χ3v) is 17.0. The van der Waals surface area contributed by atoms with Gasteiger partial charge in [0.05, 0.1) is 54.2 Å². The second-order valence-electron chi connectivity index (χ2n) is 24.0. The third kappa shape index (κ3) is 17.6. The number of anilines is 2. The van der Waals surface area contributed by atoms with Gasteiger partial charge in [-0.25, -0.2) is 39.3 Å². The molecular weight excluding hydrogens is 1240 g/mol. The molecule has 0 aliphatic carbocycles. The van der Waals surface area contributed by atoms with Gasteiger partial charge in [0.1, 0.15) is 35.5 Å². The minimum atomic E-state index is -0.293. The number of aromatic amines is 3. The minimum Gasteiger partial charge on any atom is -0.461 e. The van der Waals surface area contributed by atoms with E-state index >= 15 is 0 Å². The van der Waals surface area contributed by atoms with Crippen LogP contribution >= 0.6 is 0 Å². The number of nitrogens with one attached hydrogen (secondary N) is 3. The van der Waals surface area contributed by atoms with E-state index in [0.29, 0.717) is 16.7 Å². The predicted octanol–water partition coefficient (Wildman–Crippen LogP) is 17.1. The monoisotopic (exact) mass is 1320 g/mol. The Kier molecular flexibility index (Phi) is 23.0. The Morgan fingerprint density at radius 2 is 0.990 bits per heavy atom. The van der Waals surface area contributed by atoms with E-state index in [-0.39, 0.29) is 5.82 Å². The second-order valence-corrected chi connectivity index (χ2v) is 24.0. The molecule has 11 aromatic heterocycles. The van der Waals surface area contributed by atoms with E-state index in [1.807, 2.05) is 139 Å². The van der Waals surface area contributed by atoms with E-state index in [2.05, 4.69) is 169 Å². The fourth-order valence-electron chi connectivity index (χ4n) is 11.7. The summed E-state index contributed by atoms with van der Waals surface area (Å²) >= 11 is 0. The summed E-state index contributed by atoms with van der Waals surface area (Å²) in [5.74, 6) is 2.54. The smallest absolute Gasteiger partial charge is 0.226 e. The summed E-state index contributed by atoms with van der Waals surface area (Å²) in [5, 5.41) is 11.4. The third-order valence-electron chi connectivity index (χ3n) is 17.0. The van der Waals surface area contributed by atoms with Gasteiger partial charge in [0.25, 0.3) is 0 Å². The Labute approximate surface area is 574 Å². The number of nitrogens with zero attached hydrogens (tertiary/aromatic N) is 12. The quantitative estimate of drug-likeness (QED) is 0.147. The first-order valence-electron chi connectivity index (χ1n) is 33.1. The molecular formula is C80H82FN15O3. The molecule has 2 aliphatic heterocycles. The van der Waals surface area contributed by atoms with Crippen LogP contribution in [0.15, 0.2) is 206 Å². The highest BCUT2D eigenvalue weighted by molar-refractivity contribution is 5.88. The molecule has 18 rings (SSSR count). The van der Waals surface area contributed by atoms with Gasteiger partial charge < -0.3 is 38.6 Å². The van der Waals surface area contributed by atoms with E-state index < -0.39 is 0 Å². The molecule has 99 heavy (non-hydrogen) atoms. The van der Waals surface area contributed by atoms with Crippen LogP contribution in [-0.4, -0.2) is 117 Å². The molecule has 0 saturated carbocycles. The highest BCUT2D eigenvalue weighted by Gasteiger charge is 2.17. The van der Waals surface area contributed by atoms with Crippen molar-refractivity contribution in [3.8, 4) is 0 Å². The molecule has 502 valence electrons. The zero-order chi connectivity index (χ0) is 69.2. The van der Waals surface area contributed by atoms with Crippen molar-refractivity contribution < 1.29 is 18.3 Å². The molecule has 16 aromatic rings. The Hall–Kier alpha value is -11.4. The molecule has 3 N–H and O–H groups in total. The Morgan fingerprint density at radius 3 is 1.67 bits per heavy atom. The number of fused-ring (bicyclic) bond motifs is 8. The summed E-state index contributed by atoms with van der Waals surface area (Å²) in [4.78, 5) is 56.0. The van der Waals surface area contributed by atoms with Gasteiger partial charge in [0.15, 0.2) is 5.82 Å². The van der Waals surface area contributed by atoms with Gasteiger partial charge in [-0.05, 0) is 146 Å². The van der Waals surface area contributed by atoms with Crippen molar-refractivity contribution in [1.29, 1.82) is 0 Å². The number of halogens is 1. The molecule has 2 fully saturated rings. The molecule has 0 spiro atoms. The van der Waals surface area contributed by atoms with E-state index in [4.69, 9.17) is 18.9 Å². The molecule has 0 radical (unpaired) electrons. The average Bonchev–Trinajstić information content (AvgIpc) is 1.73. The molecule has 0 bridgehead atoms. The topological polar surface area (TPSA) is 214 Å². The maximum Gasteiger partial charge on any atom is 0.226 e. The number of aryl methyl sites for hydroxylation is 10. The van der Waals surface area contributed by atoms with Crippen LogP contribution < -0.4 is 9.80 Å². The number of benzene rings is 5. The normalized spacial score (nSPS) is 12.6. The Morgan fingerprint density at radius 1 is 0.414 bits per heavy atom. The lowest BCUT2D eigenvalue weighted by Crippen LogP contribution is -2.37. The van der Waals surface area contributed by atoms with Crippen molar-refractivity contribution in [3.05, 3.63) is 264 Å². The van der Waals surface area contributed by atoms with E-state index in [1.165, 1.54) is 67.1 Å². The average molecular weight is 1320 g/mol. The van der Waals surface area contributed by atoms with Crippen molar-refractivity contribution >= 4 is 98.9 Å². The Bertz CT molecular complexity index is 5050. The van der Waals surface area contributed by atoms with Gasteiger partial charge in [-0.2, -0.15) is 0 Å². The SMILES string of the molecule is Cc1cc2c(C)nccc2[nH]1.Cc1cc2c(C)nccc2o1.Cc1cccc2[nH]ccc12.Cc1nc(N2CCOCC2)cc2ccccc12.Cc1nc(N2CCOCC2)nc2ccccc12.Cc1nccc2ccccc12.Cc1ncnc2[nH]cc(F)c12.Cc1ncnc2ccccc12. The zero-order valence-electron chi connectivity index (χ0n) is 57.7. The summed E-state index contributed by atoms with van der Waals surface area (Å²) in [7, 11) is 0. The van der Waals surface area contributed by atoms with Crippen LogP contribution in [0.2, 0.25) is 0 Å². The molecule has 13 heterocycles. The molecule has 18 nitrogen and oxygen atoms in total. The van der Waals surface area contributed by atoms with Gasteiger partial charge in [-0.3, -0.25) is 15.0 Å². The fourth-order valence-corrected chi connectivity index (χ4v) is 11.7. The minimum absolute atomic E-state index is 0.293. The van der Waals surface area contributed by atoms with E-state index in [0.717, 1.165) is 137 Å². The van der Waals surface area contributed by atoms with Gasteiger partial charge in [-0.1, -0.05) is 97.1 Å². The number of rotatable bonds is 2.